The van der Waals surface area contributed by atoms with Gasteiger partial charge in [-0.05, 0) is 76.8 Å². The van der Waals surface area contributed by atoms with Crippen molar-refractivity contribution in [3.8, 4) is 0 Å². The van der Waals surface area contributed by atoms with Gasteiger partial charge in [-0.3, -0.25) is 14.4 Å². The third-order valence-corrected chi connectivity index (χ3v) is 9.75. The van der Waals surface area contributed by atoms with Gasteiger partial charge in [0.15, 0.2) is 0 Å². The minimum atomic E-state index is -1.10. The monoisotopic (exact) mass is 607 g/mol. The molecule has 0 radical (unpaired) electrons. The Bertz CT molecular complexity index is 1240. The van der Waals surface area contributed by atoms with Gasteiger partial charge in [0.1, 0.15) is 11.6 Å². The summed E-state index contributed by atoms with van der Waals surface area (Å²) < 4.78 is 6.92. The van der Waals surface area contributed by atoms with Crippen molar-refractivity contribution in [2.24, 2.45) is 17.3 Å². The van der Waals surface area contributed by atoms with E-state index in [1.165, 1.54) is 0 Å². The Morgan fingerprint density at radius 1 is 1.02 bits per heavy atom. The van der Waals surface area contributed by atoms with Crippen molar-refractivity contribution in [1.29, 1.82) is 0 Å². The van der Waals surface area contributed by atoms with Crippen LogP contribution < -0.4 is 4.90 Å². The van der Waals surface area contributed by atoms with Crippen LogP contribution in [0, 0.1) is 17.3 Å². The molecule has 3 amide bonds. The van der Waals surface area contributed by atoms with Crippen LogP contribution in [0.25, 0.3) is 0 Å². The fraction of sp³-hybridized carbons (Fsp3) is 0.639. The molecule has 3 saturated heterocycles. The molecule has 2 unspecified atom stereocenters. The lowest BCUT2D eigenvalue weighted by Crippen LogP contribution is -2.61. The summed E-state index contributed by atoms with van der Waals surface area (Å²) >= 11 is 0. The number of unbranched alkanes of at least 4 members (excludes halogenated alkanes) is 2. The van der Waals surface area contributed by atoms with Crippen molar-refractivity contribution in [3.63, 3.8) is 0 Å². The van der Waals surface area contributed by atoms with Crippen LogP contribution in [-0.4, -0.2) is 81.7 Å². The van der Waals surface area contributed by atoms with Crippen LogP contribution in [0.2, 0.25) is 0 Å². The predicted molar refractivity (Wildman–Crippen MR) is 174 cm³/mol. The number of para-hydroxylation sites is 1. The number of carbonyl (C=O) groups is 3. The van der Waals surface area contributed by atoms with Crippen LogP contribution >= 0.6 is 0 Å². The molecule has 242 valence electrons. The lowest BCUT2D eigenvalue weighted by molar-refractivity contribution is -0.155. The zero-order valence-electron chi connectivity index (χ0n) is 27.7. The van der Waals surface area contributed by atoms with E-state index in [4.69, 9.17) is 4.74 Å². The Labute approximate surface area is 264 Å². The molecular weight excluding hydrogens is 554 g/mol. The first kappa shape index (κ1) is 33.9. The molecule has 1 N–H and O–H groups in total. The van der Waals surface area contributed by atoms with E-state index < -0.39 is 34.6 Å². The van der Waals surface area contributed by atoms with E-state index in [2.05, 4.69) is 47.8 Å². The highest BCUT2D eigenvalue weighted by atomic mass is 16.5. The second-order valence-corrected chi connectivity index (χ2v) is 14.9. The first-order chi connectivity index (χ1) is 20.7. The largest absolute Gasteiger partial charge is 0.396 e. The van der Waals surface area contributed by atoms with Gasteiger partial charge in [-0.15, -0.1) is 13.2 Å². The maximum atomic E-state index is 14.9. The molecule has 3 heterocycles. The number of amides is 3. The quantitative estimate of drug-likeness (QED) is 0.227. The van der Waals surface area contributed by atoms with Crippen molar-refractivity contribution in [1.82, 2.24) is 9.80 Å². The van der Waals surface area contributed by atoms with Crippen LogP contribution in [0.5, 0.6) is 0 Å². The molecule has 4 rings (SSSR count). The summed E-state index contributed by atoms with van der Waals surface area (Å²) in [7, 11) is 0. The first-order valence-corrected chi connectivity index (χ1v) is 16.2. The number of rotatable bonds is 14. The summed E-state index contributed by atoms with van der Waals surface area (Å²) in [5.41, 5.74) is -1.81. The van der Waals surface area contributed by atoms with Gasteiger partial charge in [-0.1, -0.05) is 51.1 Å². The molecule has 2 bridgehead atoms. The van der Waals surface area contributed by atoms with Gasteiger partial charge >= 0.3 is 0 Å². The Hall–Kier alpha value is -2.97. The van der Waals surface area contributed by atoms with E-state index in [-0.39, 0.29) is 29.7 Å². The fourth-order valence-corrected chi connectivity index (χ4v) is 8.43. The molecule has 5 atom stereocenters. The number of benzene rings is 1. The van der Waals surface area contributed by atoms with E-state index in [9.17, 15) is 19.5 Å². The van der Waals surface area contributed by atoms with E-state index in [1.807, 2.05) is 42.2 Å². The highest BCUT2D eigenvalue weighted by Gasteiger charge is 2.78. The maximum absolute atomic E-state index is 14.9. The number of ether oxygens (including phenoxy) is 1. The number of aliphatic hydroxyl groups excluding tert-OH is 1. The van der Waals surface area contributed by atoms with Gasteiger partial charge in [-0.2, -0.15) is 0 Å². The number of nitrogens with zero attached hydrogens (tertiary/aromatic N) is 3. The van der Waals surface area contributed by atoms with Crippen molar-refractivity contribution in [2.75, 3.05) is 31.1 Å². The Kier molecular flexibility index (Phi) is 9.86. The first-order valence-electron chi connectivity index (χ1n) is 16.2. The van der Waals surface area contributed by atoms with E-state index >= 15 is 0 Å². The predicted octanol–water partition coefficient (Wildman–Crippen LogP) is 5.36. The molecular formula is C36H53N3O5. The molecule has 0 saturated carbocycles. The number of hydrogen-bond donors (Lipinski definition) is 1. The summed E-state index contributed by atoms with van der Waals surface area (Å²) in [4.78, 5) is 49.3. The minimum Gasteiger partial charge on any atom is -0.396 e. The smallest absolute Gasteiger partial charge is 0.249 e. The SMILES string of the molecule is C=CCN(C(=O)[C@H]1[C@H]2C(=O)N(CCCCCO)C(C(=O)N(CC=C)C(C)(C)CC(C)(C)C)C23CC[C@]1(C)O3)c1ccccc1. The molecule has 8 nitrogen and oxygen atoms in total. The van der Waals surface area contributed by atoms with Crippen LogP contribution in [0.3, 0.4) is 0 Å². The molecule has 3 fully saturated rings. The number of fused-ring (bicyclic) bond motifs is 1. The standard InChI is InChI=1S/C36H53N3O5/c1-9-21-37(26-17-13-11-14-18-26)30(41)27-28-31(42)38(23-15-12-16-24-40)29(36(28)20-19-35(27,8)44-36)32(43)39(22-10-2)34(6,7)25-33(3,4)5/h9-11,13-14,17-18,27-29,40H,1-2,12,15-16,19-25H2,3-8H3/t27-,28+,29?,35+,36?/m1/s1. The molecule has 44 heavy (non-hydrogen) atoms. The normalized spacial score (nSPS) is 27.8. The average Bonchev–Trinajstić information content (AvgIpc) is 3.51. The van der Waals surface area contributed by atoms with Crippen LogP contribution in [0.15, 0.2) is 55.6 Å². The molecule has 1 aromatic rings. The molecule has 1 spiro atoms. The zero-order valence-corrected chi connectivity index (χ0v) is 27.7. The van der Waals surface area contributed by atoms with Crippen molar-refractivity contribution in [3.05, 3.63) is 55.6 Å². The van der Waals surface area contributed by atoms with Crippen LogP contribution in [-0.2, 0) is 19.1 Å². The van der Waals surface area contributed by atoms with Gasteiger partial charge in [0, 0.05) is 37.5 Å². The molecule has 3 aliphatic heterocycles. The second kappa shape index (κ2) is 12.8. The van der Waals surface area contributed by atoms with Crippen LogP contribution in [0.1, 0.15) is 80.1 Å². The zero-order chi connectivity index (χ0) is 32.5. The highest BCUT2D eigenvalue weighted by Crippen LogP contribution is 2.63. The topological polar surface area (TPSA) is 90.4 Å². The average molecular weight is 608 g/mol. The summed E-state index contributed by atoms with van der Waals surface area (Å²) in [6.07, 6.45) is 7.30. The number of likely N-dealkylation sites (tertiary alicyclic amines) is 1. The lowest BCUT2D eigenvalue weighted by Gasteiger charge is -2.45. The van der Waals surface area contributed by atoms with E-state index in [1.54, 1.807) is 22.0 Å². The maximum Gasteiger partial charge on any atom is 0.249 e. The van der Waals surface area contributed by atoms with Crippen molar-refractivity contribution >= 4 is 23.4 Å². The Morgan fingerprint density at radius 2 is 1.68 bits per heavy atom. The van der Waals surface area contributed by atoms with Crippen molar-refractivity contribution in [2.45, 2.75) is 103 Å². The third-order valence-electron chi connectivity index (χ3n) is 9.75. The molecule has 8 heteroatoms. The van der Waals surface area contributed by atoms with Crippen molar-refractivity contribution < 1.29 is 24.2 Å². The molecule has 1 aromatic carbocycles. The summed E-state index contributed by atoms with van der Waals surface area (Å²) in [5.74, 6) is -2.03. The van der Waals surface area contributed by atoms with Crippen LogP contribution in [0.4, 0.5) is 5.69 Å². The molecule has 0 aliphatic carbocycles. The summed E-state index contributed by atoms with van der Waals surface area (Å²) in [6.45, 7) is 21.5. The lowest BCUT2D eigenvalue weighted by atomic mass is 9.65. The van der Waals surface area contributed by atoms with Gasteiger partial charge < -0.3 is 24.5 Å². The molecule has 3 aliphatic rings. The summed E-state index contributed by atoms with van der Waals surface area (Å²) in [5, 5.41) is 9.37. The number of hydrogen-bond acceptors (Lipinski definition) is 5. The van der Waals surface area contributed by atoms with E-state index in [0.717, 1.165) is 18.5 Å². The Morgan fingerprint density at radius 3 is 2.27 bits per heavy atom. The fourth-order valence-electron chi connectivity index (χ4n) is 8.43. The highest BCUT2D eigenvalue weighted by molar-refractivity contribution is 6.03. The van der Waals surface area contributed by atoms with Gasteiger partial charge in [0.2, 0.25) is 17.7 Å². The third kappa shape index (κ3) is 6.12. The number of anilines is 1. The Balaban J connectivity index is 1.79. The van der Waals surface area contributed by atoms with Gasteiger partial charge in [0.05, 0.1) is 17.4 Å². The molecule has 0 aromatic heterocycles. The van der Waals surface area contributed by atoms with Gasteiger partial charge in [0.25, 0.3) is 0 Å². The second-order valence-electron chi connectivity index (χ2n) is 14.9. The summed E-state index contributed by atoms with van der Waals surface area (Å²) in [6, 6.07) is 8.59. The number of aliphatic hydroxyl groups is 1. The minimum absolute atomic E-state index is 0.0428. The van der Waals surface area contributed by atoms with Gasteiger partial charge in [-0.25, -0.2) is 0 Å². The van der Waals surface area contributed by atoms with E-state index in [0.29, 0.717) is 45.3 Å². The number of carbonyl (C=O) groups excluding carboxylic acids is 3.